The summed E-state index contributed by atoms with van der Waals surface area (Å²) in [5, 5.41) is 13.8. The molecule has 0 spiro atoms. The predicted octanol–water partition coefficient (Wildman–Crippen LogP) is 8.46. The maximum atomic E-state index is 12.7. The number of quaternary nitrogens is 1. The van der Waals surface area contributed by atoms with E-state index in [1.165, 1.54) is 70.6 Å². The van der Waals surface area contributed by atoms with E-state index in [9.17, 15) is 19.4 Å². The quantitative estimate of drug-likeness (QED) is 0.0306. The van der Waals surface area contributed by atoms with Gasteiger partial charge in [-0.3, -0.25) is 13.8 Å². The minimum absolute atomic E-state index is 0.0740. The average molecular weight is 634 g/mol. The van der Waals surface area contributed by atoms with Crippen LogP contribution in [0, 0.1) is 0 Å². The molecule has 0 radical (unpaired) electrons. The van der Waals surface area contributed by atoms with Crippen molar-refractivity contribution < 1.29 is 32.9 Å². The van der Waals surface area contributed by atoms with Crippen LogP contribution in [0.5, 0.6) is 0 Å². The van der Waals surface area contributed by atoms with Crippen molar-refractivity contribution in [2.24, 2.45) is 0 Å². The number of phosphoric ester groups is 1. The zero-order valence-electron chi connectivity index (χ0n) is 28.7. The number of aliphatic hydroxyl groups excluding tert-OH is 1. The molecule has 8 nitrogen and oxygen atoms in total. The summed E-state index contributed by atoms with van der Waals surface area (Å²) < 4.78 is 23.4. The molecule has 0 aliphatic carbocycles. The van der Waals surface area contributed by atoms with Crippen molar-refractivity contribution in [3.63, 3.8) is 0 Å². The molecule has 0 saturated heterocycles. The Morgan fingerprint density at radius 3 is 1.86 bits per heavy atom. The minimum atomic E-state index is -4.30. The van der Waals surface area contributed by atoms with E-state index in [1.54, 1.807) is 0 Å². The first-order valence-corrected chi connectivity index (χ1v) is 19.0. The number of likely N-dealkylation sites (N-methyl/N-ethyl adjacent to an activating group) is 1. The van der Waals surface area contributed by atoms with Crippen LogP contribution in [0.3, 0.4) is 0 Å². The van der Waals surface area contributed by atoms with E-state index in [4.69, 9.17) is 9.05 Å². The number of unbranched alkanes of at least 4 members (excludes halogenated alkanes) is 16. The summed E-state index contributed by atoms with van der Waals surface area (Å²) in [5.41, 5.74) is 0. The third kappa shape index (κ3) is 29.7. The Kier molecular flexibility index (Phi) is 27.1. The second-order valence-electron chi connectivity index (χ2n) is 13.2. The maximum absolute atomic E-state index is 12.7. The molecule has 0 saturated carbocycles. The summed E-state index contributed by atoms with van der Waals surface area (Å²) in [4.78, 5) is 22.9. The number of rotatable bonds is 31. The van der Waals surface area contributed by atoms with Crippen LogP contribution in [0.1, 0.15) is 149 Å². The summed E-state index contributed by atoms with van der Waals surface area (Å²) in [6.45, 7) is 4.80. The normalized spacial score (nSPS) is 15.0. The van der Waals surface area contributed by atoms with Crippen LogP contribution in [-0.4, -0.2) is 73.4 Å². The fourth-order valence-corrected chi connectivity index (χ4v) is 5.58. The molecule has 3 unspecified atom stereocenters. The lowest BCUT2D eigenvalue weighted by molar-refractivity contribution is -0.870. The van der Waals surface area contributed by atoms with Crippen LogP contribution in [0.2, 0.25) is 0 Å². The SMILES string of the molecule is CCCC/C=C\CCCCCCCC(=O)NC(COP(=O)(O)OCC[N+](C)(C)C)C(O)CCCCCCCCCCCC. The number of hydrogen-bond acceptors (Lipinski definition) is 5. The topological polar surface area (TPSA) is 105 Å². The van der Waals surface area contributed by atoms with Gasteiger partial charge >= 0.3 is 7.82 Å². The van der Waals surface area contributed by atoms with Crippen LogP contribution in [-0.2, 0) is 18.4 Å². The summed E-state index contributed by atoms with van der Waals surface area (Å²) in [7, 11) is 1.61. The molecule has 9 heteroatoms. The number of carbonyl (C=O) groups is 1. The van der Waals surface area contributed by atoms with Gasteiger partial charge in [-0.2, -0.15) is 0 Å². The standard InChI is InChI=1S/C34H69N2O6P/c1-6-8-10-12-14-16-18-20-22-24-26-28-34(38)35-32(31-42-43(39,40)41-30-29-36(3,4)5)33(37)27-25-23-21-19-17-15-13-11-9-7-2/h12,14,32-33,37H,6-11,13,15-31H2,1-5H3,(H-,35,38,39,40)/p+1/b14-12-. The van der Waals surface area contributed by atoms with Gasteiger partial charge in [-0.15, -0.1) is 0 Å². The molecule has 3 atom stereocenters. The number of nitrogens with zero attached hydrogens (tertiary/aromatic N) is 1. The number of amides is 1. The fraction of sp³-hybridized carbons (Fsp3) is 0.912. The van der Waals surface area contributed by atoms with E-state index in [0.29, 0.717) is 23.9 Å². The third-order valence-electron chi connectivity index (χ3n) is 7.76. The molecule has 0 aliphatic heterocycles. The molecule has 1 amide bonds. The van der Waals surface area contributed by atoms with Crippen molar-refractivity contribution in [2.45, 2.75) is 161 Å². The Labute approximate surface area is 265 Å². The zero-order valence-corrected chi connectivity index (χ0v) is 29.6. The molecule has 0 aromatic rings. The second kappa shape index (κ2) is 27.5. The molecule has 0 heterocycles. The Balaban J connectivity index is 4.54. The van der Waals surface area contributed by atoms with E-state index in [-0.39, 0.29) is 19.1 Å². The number of allylic oxidation sites excluding steroid dienone is 2. The first-order valence-electron chi connectivity index (χ1n) is 17.6. The van der Waals surface area contributed by atoms with Crippen molar-refractivity contribution in [3.05, 3.63) is 12.2 Å². The van der Waals surface area contributed by atoms with Gasteiger partial charge in [-0.1, -0.05) is 122 Å². The van der Waals surface area contributed by atoms with Gasteiger partial charge in [0.15, 0.2) is 0 Å². The smallest absolute Gasteiger partial charge is 0.391 e. The van der Waals surface area contributed by atoms with Crippen molar-refractivity contribution in [1.82, 2.24) is 5.32 Å². The van der Waals surface area contributed by atoms with Gasteiger partial charge in [0.25, 0.3) is 0 Å². The molecule has 3 N–H and O–H groups in total. The zero-order chi connectivity index (χ0) is 32.2. The number of hydrogen-bond donors (Lipinski definition) is 3. The third-order valence-corrected chi connectivity index (χ3v) is 8.75. The van der Waals surface area contributed by atoms with Gasteiger partial charge in [0, 0.05) is 6.42 Å². The largest absolute Gasteiger partial charge is 0.472 e. The van der Waals surface area contributed by atoms with Crippen LogP contribution in [0.4, 0.5) is 0 Å². The molecule has 0 aromatic heterocycles. The van der Waals surface area contributed by atoms with E-state index >= 15 is 0 Å². The van der Waals surface area contributed by atoms with Gasteiger partial charge in [0.1, 0.15) is 13.2 Å². The van der Waals surface area contributed by atoms with Crippen LogP contribution >= 0.6 is 7.82 Å². The lowest BCUT2D eigenvalue weighted by atomic mass is 10.0. The van der Waals surface area contributed by atoms with Crippen LogP contribution < -0.4 is 5.32 Å². The number of nitrogens with one attached hydrogen (secondary N) is 1. The first kappa shape index (κ1) is 42.2. The van der Waals surface area contributed by atoms with Gasteiger partial charge in [-0.05, 0) is 32.1 Å². The van der Waals surface area contributed by atoms with Crippen molar-refractivity contribution in [2.75, 3.05) is 40.9 Å². The Bertz CT molecular complexity index is 728. The van der Waals surface area contributed by atoms with E-state index in [0.717, 1.165) is 51.4 Å². The van der Waals surface area contributed by atoms with E-state index < -0.39 is 20.0 Å². The van der Waals surface area contributed by atoms with E-state index in [2.05, 4.69) is 31.3 Å². The highest BCUT2D eigenvalue weighted by molar-refractivity contribution is 7.47. The lowest BCUT2D eigenvalue weighted by Gasteiger charge is -2.26. The lowest BCUT2D eigenvalue weighted by Crippen LogP contribution is -2.46. The molecule has 0 aromatic carbocycles. The summed E-state index contributed by atoms with van der Waals surface area (Å²) in [6.07, 6.45) is 26.6. The van der Waals surface area contributed by atoms with Crippen LogP contribution in [0.25, 0.3) is 0 Å². The molecule has 43 heavy (non-hydrogen) atoms. The van der Waals surface area contributed by atoms with Crippen LogP contribution in [0.15, 0.2) is 12.2 Å². The molecule has 256 valence electrons. The number of phosphoric acid groups is 1. The molecule has 0 rings (SSSR count). The number of aliphatic hydroxyl groups is 1. The fourth-order valence-electron chi connectivity index (χ4n) is 4.85. The van der Waals surface area contributed by atoms with E-state index in [1.807, 2.05) is 21.1 Å². The molecular weight excluding hydrogens is 563 g/mol. The van der Waals surface area contributed by atoms with Crippen molar-refractivity contribution >= 4 is 13.7 Å². The number of carbonyl (C=O) groups excluding carboxylic acids is 1. The molecular formula is C34H70N2O6P+. The summed E-state index contributed by atoms with van der Waals surface area (Å²) in [5.74, 6) is -0.159. The van der Waals surface area contributed by atoms with Gasteiger partial charge < -0.3 is 19.8 Å². The van der Waals surface area contributed by atoms with Gasteiger partial charge in [-0.25, -0.2) is 4.57 Å². The summed E-state index contributed by atoms with van der Waals surface area (Å²) >= 11 is 0. The highest BCUT2D eigenvalue weighted by Crippen LogP contribution is 2.43. The van der Waals surface area contributed by atoms with Crippen molar-refractivity contribution in [1.29, 1.82) is 0 Å². The predicted molar refractivity (Wildman–Crippen MR) is 180 cm³/mol. The molecule has 0 aliphatic rings. The van der Waals surface area contributed by atoms with Gasteiger partial charge in [0.2, 0.25) is 5.91 Å². The maximum Gasteiger partial charge on any atom is 0.472 e. The Hall–Kier alpha value is -0.760. The monoisotopic (exact) mass is 633 g/mol. The average Bonchev–Trinajstić information content (AvgIpc) is 2.94. The molecule has 0 bridgehead atoms. The van der Waals surface area contributed by atoms with Gasteiger partial charge in [0.05, 0.1) is 39.9 Å². The molecule has 0 fully saturated rings. The minimum Gasteiger partial charge on any atom is -0.391 e. The highest BCUT2D eigenvalue weighted by Gasteiger charge is 2.28. The Morgan fingerprint density at radius 1 is 0.767 bits per heavy atom. The first-order chi connectivity index (χ1) is 20.5. The second-order valence-corrected chi connectivity index (χ2v) is 14.7. The summed E-state index contributed by atoms with van der Waals surface area (Å²) in [6, 6.07) is -0.756. The van der Waals surface area contributed by atoms with Crippen molar-refractivity contribution in [3.8, 4) is 0 Å². The highest BCUT2D eigenvalue weighted by atomic mass is 31.2. The Morgan fingerprint density at radius 2 is 1.28 bits per heavy atom.